The minimum Gasteiger partial charge on any atom is -0.307 e. The van der Waals surface area contributed by atoms with Gasteiger partial charge in [0.05, 0.1) is 27.8 Å². The van der Waals surface area contributed by atoms with Crippen molar-refractivity contribution in [3.8, 4) is 33.6 Å². The van der Waals surface area contributed by atoms with Gasteiger partial charge < -0.3 is 9.13 Å². The maximum Gasteiger partial charge on any atom is 0.0789 e. The van der Waals surface area contributed by atoms with E-state index in [1.54, 1.807) is 0 Å². The molecular weight excluding hydrogens is 569 g/mol. The summed E-state index contributed by atoms with van der Waals surface area (Å²) in [7, 11) is 0. The first-order valence-corrected chi connectivity index (χ1v) is 16.5. The molecule has 0 radical (unpaired) electrons. The molecule has 0 atom stereocenters. The lowest BCUT2D eigenvalue weighted by molar-refractivity contribution is 0.660. The van der Waals surface area contributed by atoms with Gasteiger partial charge in [-0.25, -0.2) is 0 Å². The summed E-state index contributed by atoms with van der Waals surface area (Å²) < 4.78 is 4.98. The van der Waals surface area contributed by atoms with Crippen molar-refractivity contribution in [2.75, 3.05) is 0 Å². The molecule has 0 spiro atoms. The van der Waals surface area contributed by atoms with Gasteiger partial charge in [0.1, 0.15) is 0 Å². The molecule has 0 saturated heterocycles. The SMILES string of the molecule is CC1(C)c2ccccc2-c2cc(-c3ccccc3-n3c4ccccc4c4ccc5c6ccccc6n(-c6ccccc6)c5c43)ccc21. The Morgan fingerprint density at radius 3 is 1.70 bits per heavy atom. The molecular formula is C45H32N2. The predicted octanol–water partition coefficient (Wildman–Crippen LogP) is 11.9. The Bertz CT molecular complexity index is 2700. The van der Waals surface area contributed by atoms with Crippen LogP contribution in [0.2, 0.25) is 0 Å². The molecule has 10 rings (SSSR count). The van der Waals surface area contributed by atoms with Crippen molar-refractivity contribution in [1.29, 1.82) is 0 Å². The standard InChI is InChI=1S/C45H32N2/c1-45(2)38-20-10-6-17-32(38)37-28-29(24-27-39(37)45)31-16-7-11-21-40(31)47-42-23-13-9-19-34(42)36-26-25-35-33-18-8-12-22-41(33)46(43(35)44(36)47)30-14-4-3-5-15-30/h3-28H,1-2H3. The Hall–Kier alpha value is -5.86. The lowest BCUT2D eigenvalue weighted by atomic mass is 9.82. The van der Waals surface area contributed by atoms with E-state index in [1.165, 1.54) is 82.7 Å². The van der Waals surface area contributed by atoms with E-state index in [0.29, 0.717) is 0 Å². The summed E-state index contributed by atoms with van der Waals surface area (Å²) in [5.41, 5.74) is 15.1. The predicted molar refractivity (Wildman–Crippen MR) is 198 cm³/mol. The zero-order chi connectivity index (χ0) is 31.3. The van der Waals surface area contributed by atoms with Crippen LogP contribution in [-0.4, -0.2) is 9.13 Å². The molecule has 2 heterocycles. The molecule has 7 aromatic carbocycles. The molecule has 0 fully saturated rings. The average Bonchev–Trinajstić information content (AvgIpc) is 3.72. The number of hydrogen-bond acceptors (Lipinski definition) is 0. The lowest BCUT2D eigenvalue weighted by Gasteiger charge is -2.21. The smallest absolute Gasteiger partial charge is 0.0789 e. The van der Waals surface area contributed by atoms with E-state index in [4.69, 9.17) is 0 Å². The number of para-hydroxylation sites is 4. The maximum absolute atomic E-state index is 2.52. The highest BCUT2D eigenvalue weighted by Gasteiger charge is 2.35. The van der Waals surface area contributed by atoms with Crippen LogP contribution in [0, 0.1) is 0 Å². The Morgan fingerprint density at radius 2 is 0.957 bits per heavy atom. The fourth-order valence-electron chi connectivity index (χ4n) is 8.40. The molecule has 2 heteroatoms. The molecule has 2 nitrogen and oxygen atoms in total. The molecule has 0 bridgehead atoms. The van der Waals surface area contributed by atoms with Crippen LogP contribution in [0.25, 0.3) is 77.2 Å². The number of hydrogen-bond donors (Lipinski definition) is 0. The summed E-state index contributed by atoms with van der Waals surface area (Å²) >= 11 is 0. The summed E-state index contributed by atoms with van der Waals surface area (Å²) in [5, 5.41) is 5.04. The van der Waals surface area contributed by atoms with Crippen molar-refractivity contribution < 1.29 is 0 Å². The molecule has 0 saturated carbocycles. The van der Waals surface area contributed by atoms with E-state index < -0.39 is 0 Å². The Morgan fingerprint density at radius 1 is 0.404 bits per heavy atom. The van der Waals surface area contributed by atoms with Gasteiger partial charge in [0.25, 0.3) is 0 Å². The summed E-state index contributed by atoms with van der Waals surface area (Å²) in [6.07, 6.45) is 0. The second-order valence-electron chi connectivity index (χ2n) is 13.3. The van der Waals surface area contributed by atoms with Crippen LogP contribution in [0.3, 0.4) is 0 Å². The van der Waals surface area contributed by atoms with Crippen molar-refractivity contribution in [2.45, 2.75) is 19.3 Å². The van der Waals surface area contributed by atoms with Gasteiger partial charge in [0.15, 0.2) is 0 Å². The molecule has 222 valence electrons. The number of rotatable bonds is 3. The van der Waals surface area contributed by atoms with Gasteiger partial charge >= 0.3 is 0 Å². The molecule has 47 heavy (non-hydrogen) atoms. The highest BCUT2D eigenvalue weighted by Crippen LogP contribution is 2.50. The van der Waals surface area contributed by atoms with Gasteiger partial charge in [-0.1, -0.05) is 135 Å². The third kappa shape index (κ3) is 3.56. The first-order valence-electron chi connectivity index (χ1n) is 16.5. The van der Waals surface area contributed by atoms with Crippen LogP contribution < -0.4 is 0 Å². The molecule has 1 aliphatic rings. The van der Waals surface area contributed by atoms with Crippen molar-refractivity contribution in [3.63, 3.8) is 0 Å². The Balaban J connectivity index is 1.33. The minimum absolute atomic E-state index is 0.0206. The van der Waals surface area contributed by atoms with Crippen LogP contribution in [0.5, 0.6) is 0 Å². The third-order valence-electron chi connectivity index (χ3n) is 10.5. The first kappa shape index (κ1) is 26.4. The van der Waals surface area contributed by atoms with Crippen molar-refractivity contribution in [1.82, 2.24) is 9.13 Å². The molecule has 0 unspecified atom stereocenters. The highest BCUT2D eigenvalue weighted by atomic mass is 15.0. The van der Waals surface area contributed by atoms with Crippen LogP contribution in [-0.2, 0) is 5.41 Å². The van der Waals surface area contributed by atoms with E-state index >= 15 is 0 Å². The first-order chi connectivity index (χ1) is 23.1. The average molecular weight is 601 g/mol. The van der Waals surface area contributed by atoms with Gasteiger partial charge in [-0.3, -0.25) is 0 Å². The van der Waals surface area contributed by atoms with E-state index in [2.05, 4.69) is 181 Å². The molecule has 0 N–H and O–H groups in total. The quantitative estimate of drug-likeness (QED) is 0.191. The normalized spacial score (nSPS) is 13.5. The van der Waals surface area contributed by atoms with Gasteiger partial charge in [-0.05, 0) is 64.2 Å². The number of fused-ring (bicyclic) bond motifs is 10. The van der Waals surface area contributed by atoms with Gasteiger partial charge in [0, 0.05) is 38.2 Å². The largest absolute Gasteiger partial charge is 0.307 e. The van der Waals surface area contributed by atoms with E-state index in [9.17, 15) is 0 Å². The third-order valence-corrected chi connectivity index (χ3v) is 10.5. The van der Waals surface area contributed by atoms with Crippen LogP contribution in [0.15, 0.2) is 158 Å². The van der Waals surface area contributed by atoms with E-state index in [-0.39, 0.29) is 5.41 Å². The van der Waals surface area contributed by atoms with Crippen molar-refractivity contribution in [3.05, 3.63) is 169 Å². The second kappa shape index (κ2) is 9.57. The summed E-state index contributed by atoms with van der Waals surface area (Å²) in [6.45, 7) is 4.70. The highest BCUT2D eigenvalue weighted by molar-refractivity contribution is 6.24. The lowest BCUT2D eigenvalue weighted by Crippen LogP contribution is -2.14. The van der Waals surface area contributed by atoms with Crippen molar-refractivity contribution in [2.24, 2.45) is 0 Å². The summed E-state index contributed by atoms with van der Waals surface area (Å²) in [4.78, 5) is 0. The summed E-state index contributed by atoms with van der Waals surface area (Å²) in [6, 6.07) is 58.1. The van der Waals surface area contributed by atoms with E-state index in [0.717, 1.165) is 5.69 Å². The number of nitrogens with zero attached hydrogens (tertiary/aromatic N) is 2. The van der Waals surface area contributed by atoms with Crippen LogP contribution in [0.1, 0.15) is 25.0 Å². The minimum atomic E-state index is -0.0206. The molecule has 0 amide bonds. The van der Waals surface area contributed by atoms with Crippen LogP contribution in [0.4, 0.5) is 0 Å². The summed E-state index contributed by atoms with van der Waals surface area (Å²) in [5.74, 6) is 0. The Kier molecular flexibility index (Phi) is 5.37. The molecule has 0 aliphatic heterocycles. The zero-order valence-corrected chi connectivity index (χ0v) is 26.4. The monoisotopic (exact) mass is 600 g/mol. The zero-order valence-electron chi connectivity index (χ0n) is 26.4. The number of benzene rings is 7. The molecule has 2 aromatic heterocycles. The van der Waals surface area contributed by atoms with E-state index in [1.807, 2.05) is 0 Å². The van der Waals surface area contributed by atoms with Crippen molar-refractivity contribution >= 4 is 43.6 Å². The number of aromatic nitrogens is 2. The second-order valence-corrected chi connectivity index (χ2v) is 13.3. The molecule has 9 aromatic rings. The fraction of sp³-hybridized carbons (Fsp3) is 0.0667. The maximum atomic E-state index is 2.52. The van der Waals surface area contributed by atoms with Gasteiger partial charge in [0.2, 0.25) is 0 Å². The topological polar surface area (TPSA) is 9.86 Å². The Labute approximate surface area is 273 Å². The van der Waals surface area contributed by atoms with Gasteiger partial charge in [-0.2, -0.15) is 0 Å². The molecule has 1 aliphatic carbocycles. The van der Waals surface area contributed by atoms with Crippen LogP contribution >= 0.6 is 0 Å². The van der Waals surface area contributed by atoms with Gasteiger partial charge in [-0.15, -0.1) is 0 Å². The fourth-order valence-corrected chi connectivity index (χ4v) is 8.40.